The molecule has 6 heteroatoms. The molecule has 138 valence electrons. The van der Waals surface area contributed by atoms with Crippen LogP contribution < -0.4 is 15.6 Å². The lowest BCUT2D eigenvalue weighted by atomic mass is 9.92. The quantitative estimate of drug-likeness (QED) is 0.833. The first-order valence-corrected chi connectivity index (χ1v) is 9.18. The molecule has 6 nitrogen and oxygen atoms in total. The number of rotatable bonds is 6. The van der Waals surface area contributed by atoms with Crippen molar-refractivity contribution in [3.63, 3.8) is 0 Å². The summed E-state index contributed by atoms with van der Waals surface area (Å²) in [6, 6.07) is 7.53. The number of carbonyl (C=O) groups is 1. The molecule has 1 aromatic carbocycles. The molecule has 0 unspecified atom stereocenters. The van der Waals surface area contributed by atoms with Gasteiger partial charge in [-0.15, -0.1) is 0 Å². The monoisotopic (exact) mass is 355 g/mol. The van der Waals surface area contributed by atoms with Gasteiger partial charge in [0.2, 0.25) is 0 Å². The SMILES string of the molecule is CC[C@@H](Oc1ccc2c(c1)CCCC2)C(=O)NCc1nc(C)cc(=O)[nH]1. The molecule has 0 radical (unpaired) electrons. The zero-order valence-electron chi connectivity index (χ0n) is 15.3. The number of nitrogens with zero attached hydrogens (tertiary/aromatic N) is 1. The van der Waals surface area contributed by atoms with E-state index in [4.69, 9.17) is 4.74 Å². The van der Waals surface area contributed by atoms with E-state index < -0.39 is 6.10 Å². The molecular weight excluding hydrogens is 330 g/mol. The Hall–Kier alpha value is -2.63. The van der Waals surface area contributed by atoms with Crippen molar-refractivity contribution in [1.82, 2.24) is 15.3 Å². The van der Waals surface area contributed by atoms with E-state index in [0.29, 0.717) is 17.9 Å². The topological polar surface area (TPSA) is 84.1 Å². The summed E-state index contributed by atoms with van der Waals surface area (Å²) in [5.41, 5.74) is 3.11. The van der Waals surface area contributed by atoms with Gasteiger partial charge in [-0.05, 0) is 62.3 Å². The third kappa shape index (κ3) is 4.50. The number of hydrogen-bond donors (Lipinski definition) is 2. The van der Waals surface area contributed by atoms with Crippen LogP contribution in [0.5, 0.6) is 5.75 Å². The van der Waals surface area contributed by atoms with Gasteiger partial charge in [0, 0.05) is 11.8 Å². The van der Waals surface area contributed by atoms with Crippen LogP contribution in [-0.4, -0.2) is 22.0 Å². The van der Waals surface area contributed by atoms with E-state index in [1.165, 1.54) is 30.0 Å². The lowest BCUT2D eigenvalue weighted by Crippen LogP contribution is -2.38. The Bertz CT molecular complexity index is 844. The van der Waals surface area contributed by atoms with Crippen molar-refractivity contribution in [1.29, 1.82) is 0 Å². The number of aryl methyl sites for hydroxylation is 3. The van der Waals surface area contributed by atoms with Crippen molar-refractivity contribution in [3.05, 3.63) is 57.3 Å². The van der Waals surface area contributed by atoms with Gasteiger partial charge in [0.1, 0.15) is 11.6 Å². The first-order valence-electron chi connectivity index (χ1n) is 9.18. The molecule has 0 spiro atoms. The molecule has 2 aromatic rings. The minimum absolute atomic E-state index is 0.166. The maximum Gasteiger partial charge on any atom is 0.261 e. The zero-order chi connectivity index (χ0) is 18.5. The number of hydrogen-bond acceptors (Lipinski definition) is 4. The van der Waals surface area contributed by atoms with E-state index in [1.807, 2.05) is 13.0 Å². The number of aromatic nitrogens is 2. The smallest absolute Gasteiger partial charge is 0.261 e. The lowest BCUT2D eigenvalue weighted by Gasteiger charge is -2.20. The van der Waals surface area contributed by atoms with Crippen LogP contribution in [0.1, 0.15) is 48.8 Å². The Morgan fingerprint density at radius 1 is 1.27 bits per heavy atom. The van der Waals surface area contributed by atoms with Crippen molar-refractivity contribution in [2.45, 2.75) is 58.6 Å². The zero-order valence-corrected chi connectivity index (χ0v) is 15.3. The van der Waals surface area contributed by atoms with Gasteiger partial charge >= 0.3 is 0 Å². The highest BCUT2D eigenvalue weighted by Gasteiger charge is 2.19. The summed E-state index contributed by atoms with van der Waals surface area (Å²) in [7, 11) is 0. The molecule has 0 fully saturated rings. The average molecular weight is 355 g/mol. The standard InChI is InChI=1S/C20H25N3O3/c1-3-17(20(25)21-12-18-22-13(2)10-19(24)23-18)26-16-9-8-14-6-4-5-7-15(14)11-16/h8-11,17H,3-7,12H2,1-2H3,(H,21,25)(H,22,23,24)/t17-/m1/s1. The molecular formula is C20H25N3O3. The molecule has 0 aliphatic heterocycles. The molecule has 3 rings (SSSR count). The van der Waals surface area contributed by atoms with Crippen LogP contribution >= 0.6 is 0 Å². The summed E-state index contributed by atoms with van der Waals surface area (Å²) in [6.45, 7) is 3.82. The fourth-order valence-electron chi connectivity index (χ4n) is 3.28. The fraction of sp³-hybridized carbons (Fsp3) is 0.450. The second kappa shape index (κ2) is 8.17. The number of benzene rings is 1. The number of aromatic amines is 1. The maximum atomic E-state index is 12.5. The number of fused-ring (bicyclic) bond motifs is 1. The summed E-state index contributed by atoms with van der Waals surface area (Å²) in [5, 5.41) is 2.79. The number of ether oxygens (including phenoxy) is 1. The van der Waals surface area contributed by atoms with Crippen molar-refractivity contribution in [2.75, 3.05) is 0 Å². The highest BCUT2D eigenvalue weighted by atomic mass is 16.5. The van der Waals surface area contributed by atoms with E-state index in [2.05, 4.69) is 27.4 Å². The van der Waals surface area contributed by atoms with Crippen LogP contribution in [0.2, 0.25) is 0 Å². The van der Waals surface area contributed by atoms with E-state index in [1.54, 1.807) is 6.92 Å². The largest absolute Gasteiger partial charge is 0.481 e. The molecule has 0 saturated carbocycles. The Balaban J connectivity index is 1.62. The van der Waals surface area contributed by atoms with E-state index in [9.17, 15) is 9.59 Å². The second-order valence-electron chi connectivity index (χ2n) is 6.70. The van der Waals surface area contributed by atoms with Crippen LogP contribution in [0.15, 0.2) is 29.1 Å². The molecule has 1 aliphatic carbocycles. The van der Waals surface area contributed by atoms with Crippen LogP contribution in [0.25, 0.3) is 0 Å². The minimum atomic E-state index is -0.576. The van der Waals surface area contributed by atoms with Gasteiger partial charge in [-0.25, -0.2) is 4.98 Å². The van der Waals surface area contributed by atoms with Crippen molar-refractivity contribution >= 4 is 5.91 Å². The molecule has 1 heterocycles. The third-order valence-electron chi connectivity index (χ3n) is 4.61. The third-order valence-corrected chi connectivity index (χ3v) is 4.61. The number of carbonyl (C=O) groups excluding carboxylic acids is 1. The molecule has 1 aromatic heterocycles. The molecule has 1 aliphatic rings. The average Bonchev–Trinajstić information content (AvgIpc) is 2.63. The van der Waals surface area contributed by atoms with Gasteiger partial charge < -0.3 is 15.0 Å². The molecule has 0 saturated heterocycles. The van der Waals surface area contributed by atoms with Gasteiger partial charge in [-0.1, -0.05) is 13.0 Å². The Morgan fingerprint density at radius 2 is 2.04 bits per heavy atom. The van der Waals surface area contributed by atoms with Crippen molar-refractivity contribution < 1.29 is 9.53 Å². The first kappa shape index (κ1) is 18.2. The van der Waals surface area contributed by atoms with Crippen molar-refractivity contribution in [3.8, 4) is 5.75 Å². The molecule has 0 bridgehead atoms. The Morgan fingerprint density at radius 3 is 2.77 bits per heavy atom. The predicted octanol–water partition coefficient (Wildman–Crippen LogP) is 2.43. The Kier molecular flexibility index (Phi) is 5.71. The van der Waals surface area contributed by atoms with E-state index >= 15 is 0 Å². The summed E-state index contributed by atoms with van der Waals surface area (Å²) in [5.74, 6) is 0.955. The van der Waals surface area contributed by atoms with E-state index in [-0.39, 0.29) is 18.0 Å². The molecule has 26 heavy (non-hydrogen) atoms. The van der Waals surface area contributed by atoms with Gasteiger partial charge in [-0.2, -0.15) is 0 Å². The summed E-state index contributed by atoms with van der Waals surface area (Å²) in [4.78, 5) is 30.8. The predicted molar refractivity (Wildman–Crippen MR) is 99.2 cm³/mol. The summed E-state index contributed by atoms with van der Waals surface area (Å²) in [6.07, 6.45) is 4.61. The Labute approximate surface area is 153 Å². The number of amides is 1. The normalized spacial score (nSPS) is 14.4. The van der Waals surface area contributed by atoms with Crippen LogP contribution in [0.3, 0.4) is 0 Å². The molecule has 1 amide bonds. The lowest BCUT2D eigenvalue weighted by molar-refractivity contribution is -0.128. The van der Waals surface area contributed by atoms with Gasteiger partial charge in [0.15, 0.2) is 6.10 Å². The van der Waals surface area contributed by atoms with E-state index in [0.717, 1.165) is 18.6 Å². The van der Waals surface area contributed by atoms with Crippen molar-refractivity contribution in [2.24, 2.45) is 0 Å². The van der Waals surface area contributed by atoms with Gasteiger partial charge in [0.05, 0.1) is 6.54 Å². The molecule has 2 N–H and O–H groups in total. The highest BCUT2D eigenvalue weighted by molar-refractivity contribution is 5.81. The van der Waals surface area contributed by atoms with Crippen LogP contribution in [-0.2, 0) is 24.2 Å². The maximum absolute atomic E-state index is 12.5. The molecule has 1 atom stereocenters. The fourth-order valence-corrected chi connectivity index (χ4v) is 3.28. The highest BCUT2D eigenvalue weighted by Crippen LogP contribution is 2.26. The van der Waals surface area contributed by atoms with Crippen LogP contribution in [0, 0.1) is 6.92 Å². The summed E-state index contributed by atoms with van der Waals surface area (Å²) >= 11 is 0. The first-order chi connectivity index (χ1) is 12.5. The minimum Gasteiger partial charge on any atom is -0.481 e. The summed E-state index contributed by atoms with van der Waals surface area (Å²) < 4.78 is 5.92. The van der Waals surface area contributed by atoms with Gasteiger partial charge in [-0.3, -0.25) is 9.59 Å². The van der Waals surface area contributed by atoms with Crippen LogP contribution in [0.4, 0.5) is 0 Å². The number of H-pyrrole nitrogens is 1. The number of nitrogens with one attached hydrogen (secondary N) is 2. The second-order valence-corrected chi connectivity index (χ2v) is 6.70. The van der Waals surface area contributed by atoms with Gasteiger partial charge in [0.25, 0.3) is 11.5 Å².